The second kappa shape index (κ2) is 8.62. The number of H-pyrrole nitrogens is 1. The number of carbonyl (C=O) groups excluding carboxylic acids is 1. The van der Waals surface area contributed by atoms with Crippen LogP contribution in [0.2, 0.25) is 0 Å². The first-order valence-electron chi connectivity index (χ1n) is 9.41. The van der Waals surface area contributed by atoms with Crippen LogP contribution in [0.15, 0.2) is 36.5 Å². The van der Waals surface area contributed by atoms with Crippen molar-refractivity contribution in [3.63, 3.8) is 0 Å². The topological polar surface area (TPSA) is 83.0 Å². The van der Waals surface area contributed by atoms with E-state index in [2.05, 4.69) is 35.1 Å². The quantitative estimate of drug-likeness (QED) is 0.396. The van der Waals surface area contributed by atoms with Crippen LogP contribution in [-0.4, -0.2) is 26.8 Å². The molecule has 27 heavy (non-hydrogen) atoms. The van der Waals surface area contributed by atoms with Crippen LogP contribution >= 0.6 is 0 Å². The van der Waals surface area contributed by atoms with Gasteiger partial charge in [-0.2, -0.15) is 0 Å². The van der Waals surface area contributed by atoms with Gasteiger partial charge in [0, 0.05) is 34.5 Å². The molecule has 0 bridgehead atoms. The minimum Gasteiger partial charge on any atom is -0.481 e. The highest BCUT2D eigenvalue weighted by atomic mass is 16.4. The van der Waals surface area contributed by atoms with E-state index in [9.17, 15) is 9.59 Å². The monoisotopic (exact) mass is 364 g/mol. The van der Waals surface area contributed by atoms with Gasteiger partial charge in [-0.15, -0.1) is 0 Å². The minimum atomic E-state index is -0.962. The molecule has 0 aliphatic heterocycles. The molecule has 2 N–H and O–H groups in total. The van der Waals surface area contributed by atoms with Gasteiger partial charge in [-0.05, 0) is 42.7 Å². The number of unbranched alkanes of at least 4 members (excludes halogenated alkanes) is 3. The molecule has 0 unspecified atom stereocenters. The third-order valence-corrected chi connectivity index (χ3v) is 4.64. The van der Waals surface area contributed by atoms with Gasteiger partial charge < -0.3 is 10.1 Å². The molecular weight excluding hydrogens is 340 g/mol. The number of aromatic nitrogens is 2. The smallest absolute Gasteiger partial charge is 0.303 e. The van der Waals surface area contributed by atoms with Gasteiger partial charge in [0.1, 0.15) is 5.65 Å². The number of pyridine rings is 1. The van der Waals surface area contributed by atoms with Crippen LogP contribution in [0.3, 0.4) is 0 Å². The SMILES string of the molecule is CCCCCC=Cc1cnc2[nH]c3ccc(C(=O)CCC(=O)O)cc3c2c1. The Bertz CT molecular complexity index is 1000. The molecule has 0 aliphatic rings. The van der Waals surface area contributed by atoms with Crippen LogP contribution in [0, 0.1) is 0 Å². The molecule has 5 nitrogen and oxygen atoms in total. The molecule has 2 aromatic heterocycles. The van der Waals surface area contributed by atoms with Gasteiger partial charge in [0.15, 0.2) is 5.78 Å². The van der Waals surface area contributed by atoms with Gasteiger partial charge >= 0.3 is 5.97 Å². The number of fused-ring (bicyclic) bond motifs is 3. The Labute approximate surface area is 158 Å². The first-order chi connectivity index (χ1) is 13.1. The molecule has 1 aromatic carbocycles. The maximum absolute atomic E-state index is 12.2. The third kappa shape index (κ3) is 4.61. The summed E-state index contributed by atoms with van der Waals surface area (Å²) in [5, 5.41) is 10.7. The van der Waals surface area contributed by atoms with Crippen molar-refractivity contribution in [1.82, 2.24) is 9.97 Å². The normalized spacial score (nSPS) is 11.6. The molecule has 0 saturated heterocycles. The molecule has 3 aromatic rings. The summed E-state index contributed by atoms with van der Waals surface area (Å²) in [6.07, 6.45) is 10.7. The molecule has 5 heteroatoms. The average molecular weight is 364 g/mol. The first kappa shape index (κ1) is 18.8. The number of hydrogen-bond donors (Lipinski definition) is 2. The summed E-state index contributed by atoms with van der Waals surface area (Å²) in [6.45, 7) is 2.19. The van der Waals surface area contributed by atoms with E-state index in [4.69, 9.17) is 5.11 Å². The lowest BCUT2D eigenvalue weighted by molar-refractivity contribution is -0.136. The van der Waals surface area contributed by atoms with Crippen molar-refractivity contribution in [2.24, 2.45) is 0 Å². The maximum Gasteiger partial charge on any atom is 0.303 e. The molecule has 0 spiro atoms. The van der Waals surface area contributed by atoms with Crippen LogP contribution in [0.25, 0.3) is 28.0 Å². The number of nitrogens with one attached hydrogen (secondary N) is 1. The van der Waals surface area contributed by atoms with Crippen molar-refractivity contribution in [2.45, 2.75) is 45.4 Å². The molecule has 0 radical (unpaired) electrons. The highest BCUT2D eigenvalue weighted by Gasteiger charge is 2.12. The number of ketones is 1. The van der Waals surface area contributed by atoms with Crippen LogP contribution in [0.1, 0.15) is 61.4 Å². The lowest BCUT2D eigenvalue weighted by Crippen LogP contribution is -2.03. The molecule has 0 atom stereocenters. The van der Waals surface area contributed by atoms with E-state index in [1.165, 1.54) is 19.3 Å². The van der Waals surface area contributed by atoms with E-state index < -0.39 is 5.97 Å². The molecule has 140 valence electrons. The van der Waals surface area contributed by atoms with Gasteiger partial charge in [0.2, 0.25) is 0 Å². The van der Waals surface area contributed by atoms with Gasteiger partial charge in [-0.1, -0.05) is 31.9 Å². The predicted molar refractivity (Wildman–Crippen MR) is 108 cm³/mol. The fourth-order valence-electron chi connectivity index (χ4n) is 3.15. The summed E-state index contributed by atoms with van der Waals surface area (Å²) >= 11 is 0. The standard InChI is InChI=1S/C22H24N2O3/c1-2-3-4-5-6-7-15-12-18-17-13-16(20(25)10-11-21(26)27)8-9-19(17)24-22(18)23-14-15/h6-9,12-14H,2-5,10-11H2,1H3,(H,23,24)(H,26,27). The van der Waals surface area contributed by atoms with Gasteiger partial charge in [0.25, 0.3) is 0 Å². The molecule has 2 heterocycles. The molecule has 3 rings (SSSR count). The number of rotatable bonds is 9. The number of aliphatic carboxylic acids is 1. The molecule has 0 aliphatic carbocycles. The minimum absolute atomic E-state index is 0.00714. The number of allylic oxidation sites excluding steroid dienone is 1. The van der Waals surface area contributed by atoms with Crippen LogP contribution < -0.4 is 0 Å². The lowest BCUT2D eigenvalue weighted by Gasteiger charge is -2.00. The Morgan fingerprint density at radius 1 is 1.15 bits per heavy atom. The summed E-state index contributed by atoms with van der Waals surface area (Å²) in [7, 11) is 0. The Hall–Kier alpha value is -2.95. The largest absolute Gasteiger partial charge is 0.481 e. The van der Waals surface area contributed by atoms with E-state index in [0.29, 0.717) is 5.56 Å². The van der Waals surface area contributed by atoms with Gasteiger partial charge in [0.05, 0.1) is 6.42 Å². The Kier molecular flexibility index (Phi) is 6.01. The summed E-state index contributed by atoms with van der Waals surface area (Å²) in [5.41, 5.74) is 3.26. The zero-order chi connectivity index (χ0) is 19.2. The number of benzene rings is 1. The zero-order valence-electron chi connectivity index (χ0n) is 15.5. The second-order valence-electron chi connectivity index (χ2n) is 6.77. The maximum atomic E-state index is 12.2. The lowest BCUT2D eigenvalue weighted by atomic mass is 10.0. The van der Waals surface area contributed by atoms with Crippen LogP contribution in [0.5, 0.6) is 0 Å². The number of carboxylic acids is 1. The number of hydrogen-bond acceptors (Lipinski definition) is 3. The highest BCUT2D eigenvalue weighted by molar-refractivity contribution is 6.09. The zero-order valence-corrected chi connectivity index (χ0v) is 15.5. The van der Waals surface area contributed by atoms with E-state index in [-0.39, 0.29) is 18.6 Å². The van der Waals surface area contributed by atoms with E-state index in [0.717, 1.165) is 33.9 Å². The molecular formula is C22H24N2O3. The predicted octanol–water partition coefficient (Wildman–Crippen LogP) is 5.36. The second-order valence-corrected chi connectivity index (χ2v) is 6.77. The highest BCUT2D eigenvalue weighted by Crippen LogP contribution is 2.27. The van der Waals surface area contributed by atoms with E-state index >= 15 is 0 Å². The first-order valence-corrected chi connectivity index (χ1v) is 9.41. The number of Topliss-reactive ketones (excluding diaryl/α,β-unsaturated/α-hetero) is 1. The van der Waals surface area contributed by atoms with Crippen molar-refractivity contribution in [3.8, 4) is 0 Å². The van der Waals surface area contributed by atoms with Crippen LogP contribution in [0.4, 0.5) is 0 Å². The number of carbonyl (C=O) groups is 2. The summed E-state index contributed by atoms with van der Waals surface area (Å²) in [4.78, 5) is 30.7. The Morgan fingerprint density at radius 3 is 2.78 bits per heavy atom. The van der Waals surface area contributed by atoms with Crippen LogP contribution in [-0.2, 0) is 4.79 Å². The van der Waals surface area contributed by atoms with E-state index in [1.54, 1.807) is 6.07 Å². The molecule has 0 saturated carbocycles. The summed E-state index contributed by atoms with van der Waals surface area (Å²) in [6, 6.07) is 7.49. The number of carboxylic acid groups (broad SMARTS) is 1. The van der Waals surface area contributed by atoms with Crippen molar-refractivity contribution in [1.29, 1.82) is 0 Å². The van der Waals surface area contributed by atoms with Crippen molar-refractivity contribution < 1.29 is 14.7 Å². The average Bonchev–Trinajstić information content (AvgIpc) is 3.03. The van der Waals surface area contributed by atoms with Crippen molar-refractivity contribution in [2.75, 3.05) is 0 Å². The Morgan fingerprint density at radius 2 is 2.00 bits per heavy atom. The van der Waals surface area contributed by atoms with Crippen molar-refractivity contribution in [3.05, 3.63) is 47.7 Å². The third-order valence-electron chi connectivity index (χ3n) is 4.64. The molecule has 0 fully saturated rings. The number of aromatic amines is 1. The molecule has 0 amide bonds. The van der Waals surface area contributed by atoms with Crippen molar-refractivity contribution >= 4 is 39.8 Å². The fourth-order valence-corrected chi connectivity index (χ4v) is 3.15. The Balaban J connectivity index is 1.87. The fraction of sp³-hybridized carbons (Fsp3) is 0.318. The van der Waals surface area contributed by atoms with E-state index in [1.807, 2.05) is 18.3 Å². The van der Waals surface area contributed by atoms with Gasteiger partial charge in [-0.25, -0.2) is 4.98 Å². The van der Waals surface area contributed by atoms with Gasteiger partial charge in [-0.3, -0.25) is 9.59 Å². The summed E-state index contributed by atoms with van der Waals surface area (Å²) < 4.78 is 0. The number of nitrogens with zero attached hydrogens (tertiary/aromatic N) is 1. The summed E-state index contributed by atoms with van der Waals surface area (Å²) in [5.74, 6) is -1.12.